The summed E-state index contributed by atoms with van der Waals surface area (Å²) < 4.78 is 5.10. The molecule has 2 amide bonds. The smallest absolute Gasteiger partial charge is 0.337 e. The highest BCUT2D eigenvalue weighted by atomic mass is 16.5. The lowest BCUT2D eigenvalue weighted by Gasteiger charge is -2.32. The molecule has 2 rings (SSSR count). The summed E-state index contributed by atoms with van der Waals surface area (Å²) in [5.74, 6) is -0.396. The van der Waals surface area contributed by atoms with E-state index in [1.165, 1.54) is 5.56 Å². The third-order valence-electron chi connectivity index (χ3n) is 3.89. The first-order valence-corrected chi connectivity index (χ1v) is 8.19. The van der Waals surface area contributed by atoms with Crippen molar-refractivity contribution in [2.75, 3.05) is 24.6 Å². The van der Waals surface area contributed by atoms with Gasteiger partial charge >= 0.3 is 12.0 Å². The van der Waals surface area contributed by atoms with Crippen molar-refractivity contribution in [3.05, 3.63) is 41.1 Å². The maximum absolute atomic E-state index is 12.2. The predicted octanol–water partition coefficient (Wildman–Crippen LogP) is 2.34. The van der Waals surface area contributed by atoms with Crippen LogP contribution in [0.25, 0.3) is 0 Å². The Balaban J connectivity index is 2.31. The largest absolute Gasteiger partial charge is 0.463 e. The molecule has 1 heterocycles. The molecule has 0 aromatic heterocycles. The van der Waals surface area contributed by atoms with Crippen LogP contribution in [0.15, 0.2) is 35.5 Å². The molecule has 0 spiro atoms. The second-order valence-electron chi connectivity index (χ2n) is 6.04. The molecule has 6 heteroatoms. The fourth-order valence-corrected chi connectivity index (χ4v) is 2.56. The number of ether oxygens (including phenoxy) is 1. The fraction of sp³-hybridized carbons (Fsp3) is 0.444. The van der Waals surface area contributed by atoms with Gasteiger partial charge in [0.05, 0.1) is 31.0 Å². The second-order valence-corrected chi connectivity index (χ2v) is 6.04. The first kappa shape index (κ1) is 17.8. The van der Waals surface area contributed by atoms with Gasteiger partial charge in [0.2, 0.25) is 0 Å². The lowest BCUT2D eigenvalue weighted by molar-refractivity contribution is -0.138. The number of anilines is 1. The standard InChI is InChI=1S/C18H25N3O3/c1-5-24-17(22)15-10-19-18(23)20-16(15)11-21(12(2)3)14-8-6-13(4)7-9-14/h6-9,12H,5,10-11H2,1-4H3,(H2,19,20,23). The van der Waals surface area contributed by atoms with Gasteiger partial charge in [0.15, 0.2) is 0 Å². The molecule has 0 saturated carbocycles. The van der Waals surface area contributed by atoms with Crippen molar-refractivity contribution in [3.63, 3.8) is 0 Å². The molecular formula is C18H25N3O3. The Bertz CT molecular complexity index is 635. The Morgan fingerprint density at radius 2 is 1.96 bits per heavy atom. The number of benzene rings is 1. The summed E-state index contributed by atoms with van der Waals surface area (Å²) in [6, 6.07) is 8.09. The van der Waals surface area contributed by atoms with Crippen LogP contribution in [0.3, 0.4) is 0 Å². The van der Waals surface area contributed by atoms with Gasteiger partial charge in [-0.3, -0.25) is 0 Å². The van der Waals surface area contributed by atoms with E-state index in [-0.39, 0.29) is 18.6 Å². The summed E-state index contributed by atoms with van der Waals surface area (Å²) in [4.78, 5) is 26.0. The van der Waals surface area contributed by atoms with Crippen molar-refractivity contribution in [3.8, 4) is 0 Å². The molecule has 0 fully saturated rings. The molecule has 0 unspecified atom stereocenters. The van der Waals surface area contributed by atoms with Crippen molar-refractivity contribution in [1.29, 1.82) is 0 Å². The Morgan fingerprint density at radius 3 is 2.54 bits per heavy atom. The van der Waals surface area contributed by atoms with Gasteiger partial charge in [0, 0.05) is 11.7 Å². The summed E-state index contributed by atoms with van der Waals surface area (Å²) in [6.07, 6.45) is 0. The number of esters is 1. The van der Waals surface area contributed by atoms with E-state index in [9.17, 15) is 9.59 Å². The molecule has 130 valence electrons. The molecule has 1 aromatic rings. The Labute approximate surface area is 142 Å². The Kier molecular flexibility index (Phi) is 5.84. The zero-order valence-corrected chi connectivity index (χ0v) is 14.7. The van der Waals surface area contributed by atoms with Gasteiger partial charge in [0.25, 0.3) is 0 Å². The molecule has 24 heavy (non-hydrogen) atoms. The van der Waals surface area contributed by atoms with E-state index in [0.29, 0.717) is 24.4 Å². The van der Waals surface area contributed by atoms with Gasteiger partial charge < -0.3 is 20.3 Å². The normalized spacial score (nSPS) is 14.3. The van der Waals surface area contributed by atoms with Crippen LogP contribution in [0, 0.1) is 6.92 Å². The van der Waals surface area contributed by atoms with Crippen molar-refractivity contribution < 1.29 is 14.3 Å². The second kappa shape index (κ2) is 7.86. The van der Waals surface area contributed by atoms with E-state index in [0.717, 1.165) is 5.69 Å². The summed E-state index contributed by atoms with van der Waals surface area (Å²) in [5, 5.41) is 5.38. The van der Waals surface area contributed by atoms with E-state index in [1.54, 1.807) is 6.92 Å². The molecule has 1 aromatic carbocycles. The van der Waals surface area contributed by atoms with Crippen LogP contribution in [0.1, 0.15) is 26.3 Å². The fourth-order valence-electron chi connectivity index (χ4n) is 2.56. The van der Waals surface area contributed by atoms with E-state index >= 15 is 0 Å². The Morgan fingerprint density at radius 1 is 1.29 bits per heavy atom. The van der Waals surface area contributed by atoms with Crippen LogP contribution in [-0.4, -0.2) is 37.7 Å². The molecule has 0 bridgehead atoms. The number of rotatable bonds is 6. The third-order valence-corrected chi connectivity index (χ3v) is 3.89. The zero-order valence-electron chi connectivity index (χ0n) is 14.7. The maximum atomic E-state index is 12.2. The number of carbonyl (C=O) groups excluding carboxylic acids is 2. The molecule has 0 saturated heterocycles. The van der Waals surface area contributed by atoms with Gasteiger partial charge in [-0.2, -0.15) is 0 Å². The number of aryl methyl sites for hydroxylation is 1. The number of nitrogens with zero attached hydrogens (tertiary/aromatic N) is 1. The molecule has 6 nitrogen and oxygen atoms in total. The maximum Gasteiger partial charge on any atom is 0.337 e. The van der Waals surface area contributed by atoms with Crippen molar-refractivity contribution in [2.45, 2.75) is 33.7 Å². The number of carbonyl (C=O) groups is 2. The monoisotopic (exact) mass is 331 g/mol. The molecular weight excluding hydrogens is 306 g/mol. The first-order valence-electron chi connectivity index (χ1n) is 8.19. The van der Waals surface area contributed by atoms with Crippen molar-refractivity contribution >= 4 is 17.7 Å². The predicted molar refractivity (Wildman–Crippen MR) is 93.9 cm³/mol. The van der Waals surface area contributed by atoms with E-state index in [1.807, 2.05) is 31.2 Å². The number of nitrogens with one attached hydrogen (secondary N) is 2. The van der Waals surface area contributed by atoms with E-state index in [4.69, 9.17) is 4.74 Å². The summed E-state index contributed by atoms with van der Waals surface area (Å²) in [6.45, 7) is 8.87. The minimum Gasteiger partial charge on any atom is -0.463 e. The van der Waals surface area contributed by atoms with Gasteiger partial charge in [-0.05, 0) is 39.8 Å². The van der Waals surface area contributed by atoms with Crippen LogP contribution in [0.2, 0.25) is 0 Å². The summed E-state index contributed by atoms with van der Waals surface area (Å²) in [7, 11) is 0. The van der Waals surface area contributed by atoms with Crippen LogP contribution in [0.4, 0.5) is 10.5 Å². The number of hydrogen-bond acceptors (Lipinski definition) is 4. The zero-order chi connectivity index (χ0) is 17.7. The van der Waals surface area contributed by atoms with Crippen molar-refractivity contribution in [2.24, 2.45) is 0 Å². The lowest BCUT2D eigenvalue weighted by Crippen LogP contribution is -2.47. The minimum absolute atomic E-state index is 0.180. The molecule has 0 atom stereocenters. The minimum atomic E-state index is -0.396. The van der Waals surface area contributed by atoms with Gasteiger partial charge in [-0.1, -0.05) is 17.7 Å². The van der Waals surface area contributed by atoms with Crippen LogP contribution in [-0.2, 0) is 9.53 Å². The SMILES string of the molecule is CCOC(=O)C1=C(CN(c2ccc(C)cc2)C(C)C)NC(=O)NC1. The third kappa shape index (κ3) is 4.28. The highest BCUT2D eigenvalue weighted by Gasteiger charge is 2.25. The molecule has 0 radical (unpaired) electrons. The van der Waals surface area contributed by atoms with Crippen molar-refractivity contribution in [1.82, 2.24) is 10.6 Å². The van der Waals surface area contributed by atoms with Crippen LogP contribution < -0.4 is 15.5 Å². The van der Waals surface area contributed by atoms with Gasteiger partial charge in [-0.25, -0.2) is 9.59 Å². The highest BCUT2D eigenvalue weighted by molar-refractivity contribution is 5.93. The van der Waals surface area contributed by atoms with Gasteiger partial charge in [0.1, 0.15) is 0 Å². The van der Waals surface area contributed by atoms with Crippen LogP contribution >= 0.6 is 0 Å². The number of amides is 2. The van der Waals surface area contributed by atoms with Gasteiger partial charge in [-0.15, -0.1) is 0 Å². The summed E-state index contributed by atoms with van der Waals surface area (Å²) >= 11 is 0. The first-order chi connectivity index (χ1) is 11.4. The van der Waals surface area contributed by atoms with E-state index in [2.05, 4.69) is 29.4 Å². The molecule has 1 aliphatic rings. The summed E-state index contributed by atoms with van der Waals surface area (Å²) in [5.41, 5.74) is 3.28. The average Bonchev–Trinajstić information content (AvgIpc) is 2.53. The number of hydrogen-bond donors (Lipinski definition) is 2. The quantitative estimate of drug-likeness (QED) is 0.785. The highest BCUT2D eigenvalue weighted by Crippen LogP contribution is 2.20. The molecule has 1 aliphatic heterocycles. The topological polar surface area (TPSA) is 70.7 Å². The molecule has 2 N–H and O–H groups in total. The average molecular weight is 331 g/mol. The Hall–Kier alpha value is -2.50. The lowest BCUT2D eigenvalue weighted by atomic mass is 10.1. The number of urea groups is 1. The molecule has 0 aliphatic carbocycles. The van der Waals surface area contributed by atoms with Crippen LogP contribution in [0.5, 0.6) is 0 Å². The van der Waals surface area contributed by atoms with E-state index < -0.39 is 5.97 Å².